The Morgan fingerprint density at radius 2 is 2.14 bits per heavy atom. The predicted molar refractivity (Wildman–Crippen MR) is 80.6 cm³/mol. The number of nitro benzene ring substituents is 1. The van der Waals surface area contributed by atoms with Gasteiger partial charge in [0.1, 0.15) is 5.56 Å². The second-order valence-corrected chi connectivity index (χ2v) is 5.35. The molecule has 1 fully saturated rings. The molecule has 1 aromatic carbocycles. The summed E-state index contributed by atoms with van der Waals surface area (Å²) < 4.78 is 0. The number of rotatable bonds is 3. The Morgan fingerprint density at radius 3 is 2.71 bits per heavy atom. The van der Waals surface area contributed by atoms with Crippen molar-refractivity contribution in [3.63, 3.8) is 0 Å². The molecule has 1 unspecified atom stereocenters. The number of carbonyl (C=O) groups excluding carboxylic acids is 1. The third kappa shape index (κ3) is 3.13. The second kappa shape index (κ2) is 6.09. The van der Waals surface area contributed by atoms with Crippen LogP contribution in [0.5, 0.6) is 0 Å². The van der Waals surface area contributed by atoms with Gasteiger partial charge in [-0.2, -0.15) is 0 Å². The maximum atomic E-state index is 12.7. The first-order valence-corrected chi connectivity index (χ1v) is 6.89. The molecule has 1 N–H and O–H groups in total. The number of carbonyl (C=O) groups is 1. The highest BCUT2D eigenvalue weighted by Crippen LogP contribution is 2.25. The molecule has 114 valence electrons. The van der Waals surface area contributed by atoms with Gasteiger partial charge in [-0.1, -0.05) is 0 Å². The van der Waals surface area contributed by atoms with Gasteiger partial charge in [0.05, 0.1) is 4.92 Å². The van der Waals surface area contributed by atoms with Crippen LogP contribution in [0.2, 0.25) is 0 Å². The molecular weight excluding hydrogens is 272 g/mol. The van der Waals surface area contributed by atoms with Crippen molar-refractivity contribution in [1.29, 1.82) is 0 Å². The average molecular weight is 292 g/mol. The van der Waals surface area contributed by atoms with Gasteiger partial charge in [0.25, 0.3) is 11.6 Å². The summed E-state index contributed by atoms with van der Waals surface area (Å²) in [6.07, 6.45) is 0. The fraction of sp³-hybridized carbons (Fsp3) is 0.500. The van der Waals surface area contributed by atoms with Gasteiger partial charge in [0.2, 0.25) is 0 Å². The number of nitrogens with zero attached hydrogens (tertiary/aromatic N) is 3. The summed E-state index contributed by atoms with van der Waals surface area (Å²) in [4.78, 5) is 27.2. The minimum atomic E-state index is -0.507. The molecule has 0 spiro atoms. The van der Waals surface area contributed by atoms with E-state index in [1.54, 1.807) is 24.1 Å². The number of nitro groups is 1. The fourth-order valence-electron chi connectivity index (χ4n) is 2.62. The number of piperazine rings is 1. The van der Waals surface area contributed by atoms with E-state index >= 15 is 0 Å². The Labute approximate surface area is 123 Å². The molecule has 0 saturated carbocycles. The molecule has 7 nitrogen and oxygen atoms in total. The first-order valence-electron chi connectivity index (χ1n) is 6.89. The highest BCUT2D eigenvalue weighted by Gasteiger charge is 2.30. The van der Waals surface area contributed by atoms with Crippen molar-refractivity contribution in [2.45, 2.75) is 13.0 Å². The van der Waals surface area contributed by atoms with Crippen LogP contribution in [0.3, 0.4) is 0 Å². The summed E-state index contributed by atoms with van der Waals surface area (Å²) >= 11 is 0. The number of likely N-dealkylation sites (N-methyl/N-ethyl adjacent to an activating group) is 1. The summed E-state index contributed by atoms with van der Waals surface area (Å²) in [6, 6.07) is 4.56. The lowest BCUT2D eigenvalue weighted by atomic mass is 10.1. The van der Waals surface area contributed by atoms with E-state index in [2.05, 4.69) is 10.2 Å². The van der Waals surface area contributed by atoms with Gasteiger partial charge in [-0.05, 0) is 26.1 Å². The second-order valence-electron chi connectivity index (χ2n) is 5.35. The van der Waals surface area contributed by atoms with E-state index in [0.717, 1.165) is 13.1 Å². The Hall–Kier alpha value is -2.15. The molecule has 21 heavy (non-hydrogen) atoms. The van der Waals surface area contributed by atoms with Crippen molar-refractivity contribution in [1.82, 2.24) is 9.80 Å². The fourth-order valence-corrected chi connectivity index (χ4v) is 2.62. The zero-order valence-corrected chi connectivity index (χ0v) is 12.5. The van der Waals surface area contributed by atoms with Crippen molar-refractivity contribution in [3.05, 3.63) is 33.9 Å². The molecule has 1 heterocycles. The first kappa shape index (κ1) is 15.2. The smallest absolute Gasteiger partial charge is 0.282 e. The van der Waals surface area contributed by atoms with E-state index in [-0.39, 0.29) is 23.2 Å². The molecule has 1 aliphatic rings. The lowest BCUT2D eigenvalue weighted by Gasteiger charge is -2.38. The third-order valence-corrected chi connectivity index (χ3v) is 3.80. The molecule has 2 rings (SSSR count). The van der Waals surface area contributed by atoms with Gasteiger partial charge >= 0.3 is 0 Å². The molecule has 1 saturated heterocycles. The third-order valence-electron chi connectivity index (χ3n) is 3.80. The van der Waals surface area contributed by atoms with E-state index < -0.39 is 4.92 Å². The van der Waals surface area contributed by atoms with Crippen molar-refractivity contribution in [3.8, 4) is 0 Å². The Kier molecular flexibility index (Phi) is 4.42. The molecule has 1 atom stereocenters. The van der Waals surface area contributed by atoms with E-state index in [9.17, 15) is 14.9 Å². The van der Waals surface area contributed by atoms with Gasteiger partial charge in [-0.15, -0.1) is 0 Å². The van der Waals surface area contributed by atoms with Crippen LogP contribution in [0.4, 0.5) is 11.4 Å². The Balaban J connectivity index is 2.35. The van der Waals surface area contributed by atoms with Gasteiger partial charge in [0.15, 0.2) is 0 Å². The van der Waals surface area contributed by atoms with Crippen LogP contribution >= 0.6 is 0 Å². The SMILES string of the molecule is CNc1ccc([N+](=O)[O-])c(C(=O)N2CCN(C)CC2C)c1. The van der Waals surface area contributed by atoms with Crippen molar-refractivity contribution in [2.75, 3.05) is 39.0 Å². The number of anilines is 1. The lowest BCUT2D eigenvalue weighted by molar-refractivity contribution is -0.385. The number of nitrogens with one attached hydrogen (secondary N) is 1. The number of hydrogen-bond acceptors (Lipinski definition) is 5. The minimum absolute atomic E-state index is 0.0362. The van der Waals surface area contributed by atoms with Crippen LogP contribution in [0.1, 0.15) is 17.3 Å². The maximum absolute atomic E-state index is 12.7. The molecule has 1 aromatic rings. The largest absolute Gasteiger partial charge is 0.388 e. The topological polar surface area (TPSA) is 78.7 Å². The summed E-state index contributed by atoms with van der Waals surface area (Å²) in [5.74, 6) is -0.278. The van der Waals surface area contributed by atoms with Gasteiger partial charge in [-0.3, -0.25) is 14.9 Å². The standard InChI is InChI=1S/C14H20N4O3/c1-10-9-16(3)6-7-17(10)14(19)12-8-11(15-2)4-5-13(12)18(20)21/h4-5,8,10,15H,6-7,9H2,1-3H3. The molecular formula is C14H20N4O3. The predicted octanol–water partition coefficient (Wildman–Crippen LogP) is 1.41. The highest BCUT2D eigenvalue weighted by atomic mass is 16.6. The summed E-state index contributed by atoms with van der Waals surface area (Å²) in [5.41, 5.74) is 0.680. The van der Waals surface area contributed by atoms with Gasteiger partial charge in [0, 0.05) is 44.5 Å². The summed E-state index contributed by atoms with van der Waals surface area (Å²) in [5, 5.41) is 14.1. The van der Waals surface area contributed by atoms with Crippen molar-refractivity contribution < 1.29 is 9.72 Å². The van der Waals surface area contributed by atoms with Crippen LogP contribution in [-0.2, 0) is 0 Å². The average Bonchev–Trinajstić information content (AvgIpc) is 2.45. The molecule has 0 radical (unpaired) electrons. The van der Waals surface area contributed by atoms with Crippen LogP contribution in [0.25, 0.3) is 0 Å². The van der Waals surface area contributed by atoms with Crippen LogP contribution in [0, 0.1) is 10.1 Å². The van der Waals surface area contributed by atoms with E-state index in [1.807, 2.05) is 14.0 Å². The molecule has 0 bridgehead atoms. The maximum Gasteiger partial charge on any atom is 0.282 e. The molecule has 1 amide bonds. The molecule has 0 aliphatic carbocycles. The number of amides is 1. The molecule has 7 heteroatoms. The summed E-state index contributed by atoms with van der Waals surface area (Å²) in [6.45, 7) is 4.08. The summed E-state index contributed by atoms with van der Waals surface area (Å²) in [7, 11) is 3.72. The van der Waals surface area contributed by atoms with Crippen LogP contribution in [-0.4, -0.2) is 60.4 Å². The zero-order valence-electron chi connectivity index (χ0n) is 12.5. The van der Waals surface area contributed by atoms with Gasteiger partial charge < -0.3 is 15.1 Å². The number of benzene rings is 1. The van der Waals surface area contributed by atoms with E-state index in [4.69, 9.17) is 0 Å². The number of hydrogen-bond donors (Lipinski definition) is 1. The van der Waals surface area contributed by atoms with Crippen molar-refractivity contribution in [2.24, 2.45) is 0 Å². The van der Waals surface area contributed by atoms with Crippen molar-refractivity contribution >= 4 is 17.3 Å². The van der Waals surface area contributed by atoms with Crippen LogP contribution < -0.4 is 5.32 Å². The quantitative estimate of drug-likeness (QED) is 0.673. The zero-order chi connectivity index (χ0) is 15.6. The first-order chi connectivity index (χ1) is 9.93. The normalized spacial score (nSPS) is 19.4. The lowest BCUT2D eigenvalue weighted by Crippen LogP contribution is -2.52. The monoisotopic (exact) mass is 292 g/mol. The van der Waals surface area contributed by atoms with E-state index in [0.29, 0.717) is 12.2 Å². The van der Waals surface area contributed by atoms with Crippen LogP contribution in [0.15, 0.2) is 18.2 Å². The molecule has 1 aliphatic heterocycles. The highest BCUT2D eigenvalue weighted by molar-refractivity contribution is 5.99. The Bertz CT molecular complexity index is 561. The van der Waals surface area contributed by atoms with E-state index in [1.165, 1.54) is 6.07 Å². The molecule has 0 aromatic heterocycles. The minimum Gasteiger partial charge on any atom is -0.388 e. The Morgan fingerprint density at radius 1 is 1.43 bits per heavy atom. The van der Waals surface area contributed by atoms with Gasteiger partial charge in [-0.25, -0.2) is 0 Å².